The fourth-order valence-electron chi connectivity index (χ4n) is 2.25. The number of nitrogens with zero attached hydrogens (tertiary/aromatic N) is 1. The molecule has 1 aliphatic rings. The van der Waals surface area contributed by atoms with E-state index < -0.39 is 15.3 Å². The molecule has 1 fully saturated rings. The summed E-state index contributed by atoms with van der Waals surface area (Å²) in [6.45, 7) is 0.733. The molecule has 0 unspecified atom stereocenters. The Morgan fingerprint density at radius 1 is 1.25 bits per heavy atom. The lowest BCUT2D eigenvalue weighted by Gasteiger charge is -2.31. The topological polar surface area (TPSA) is 113 Å². The number of rotatable bonds is 3. The Labute approximate surface area is 117 Å². The molecule has 1 amide bonds. The summed E-state index contributed by atoms with van der Waals surface area (Å²) in [4.78, 5) is 15.6. The average Bonchev–Trinajstić information content (AvgIpc) is 2.47. The van der Waals surface area contributed by atoms with E-state index in [-0.39, 0.29) is 11.7 Å². The largest absolute Gasteiger partial charge is 0.508 e. The van der Waals surface area contributed by atoms with Crippen LogP contribution >= 0.6 is 0 Å². The molecular weight excluding hydrogens is 282 g/mol. The molecule has 1 aromatic rings. The second-order valence-electron chi connectivity index (χ2n) is 4.70. The minimum absolute atomic E-state index is 0.0976. The minimum Gasteiger partial charge on any atom is -0.508 e. The number of aromatic hydroxyl groups is 1. The predicted molar refractivity (Wildman–Crippen MR) is 73.3 cm³/mol. The van der Waals surface area contributed by atoms with Gasteiger partial charge in [0.25, 0.3) is 5.91 Å². The SMILES string of the molecule is NNS(=O)(=O)C1CCN(C(=O)c2ccc(O)cc2)CC1. The standard InChI is InChI=1S/C12H17N3O4S/c13-14-20(18,19)11-5-7-15(8-6-11)12(17)9-1-3-10(16)4-2-9/h1-4,11,14,16H,5-8,13H2. The third kappa shape index (κ3) is 3.09. The molecule has 110 valence electrons. The Bertz CT molecular complexity index is 577. The van der Waals surface area contributed by atoms with Crippen molar-refractivity contribution in [3.05, 3.63) is 29.8 Å². The average molecular weight is 299 g/mol. The zero-order valence-electron chi connectivity index (χ0n) is 10.8. The molecule has 0 bridgehead atoms. The number of nitrogens with two attached hydrogens (primary N) is 1. The van der Waals surface area contributed by atoms with E-state index in [1.165, 1.54) is 12.1 Å². The van der Waals surface area contributed by atoms with Gasteiger partial charge in [0.05, 0.1) is 5.25 Å². The van der Waals surface area contributed by atoms with Crippen LogP contribution < -0.4 is 10.7 Å². The third-order valence-corrected chi connectivity index (χ3v) is 5.12. The van der Waals surface area contributed by atoms with Crippen molar-refractivity contribution in [1.82, 2.24) is 9.73 Å². The van der Waals surface area contributed by atoms with Crippen LogP contribution in [-0.2, 0) is 10.0 Å². The number of phenols is 1. The zero-order valence-corrected chi connectivity index (χ0v) is 11.6. The third-order valence-electron chi connectivity index (χ3n) is 3.45. The molecule has 1 aromatic carbocycles. The monoisotopic (exact) mass is 299 g/mol. The Balaban J connectivity index is 2.00. The summed E-state index contributed by atoms with van der Waals surface area (Å²) in [5.41, 5.74) is 0.473. The highest BCUT2D eigenvalue weighted by Gasteiger charge is 2.31. The van der Waals surface area contributed by atoms with Gasteiger partial charge in [0.2, 0.25) is 10.0 Å². The van der Waals surface area contributed by atoms with Gasteiger partial charge in [0.15, 0.2) is 0 Å². The summed E-state index contributed by atoms with van der Waals surface area (Å²) in [7, 11) is -3.48. The van der Waals surface area contributed by atoms with Crippen molar-refractivity contribution in [3.8, 4) is 5.75 Å². The van der Waals surface area contributed by atoms with Crippen molar-refractivity contribution in [2.45, 2.75) is 18.1 Å². The molecule has 0 aliphatic carbocycles. The van der Waals surface area contributed by atoms with Crippen LogP contribution in [0.3, 0.4) is 0 Å². The fraction of sp³-hybridized carbons (Fsp3) is 0.417. The van der Waals surface area contributed by atoms with Gasteiger partial charge in [-0.2, -0.15) is 4.83 Å². The van der Waals surface area contributed by atoms with E-state index in [0.29, 0.717) is 31.5 Å². The lowest BCUT2D eigenvalue weighted by Crippen LogP contribution is -2.47. The quantitative estimate of drug-likeness (QED) is 0.528. The van der Waals surface area contributed by atoms with Gasteiger partial charge < -0.3 is 10.0 Å². The molecule has 1 heterocycles. The van der Waals surface area contributed by atoms with Crippen LogP contribution in [0.2, 0.25) is 0 Å². The number of carbonyl (C=O) groups excluding carboxylic acids is 1. The molecule has 2 rings (SSSR count). The van der Waals surface area contributed by atoms with Gasteiger partial charge in [-0.3, -0.25) is 10.6 Å². The van der Waals surface area contributed by atoms with Crippen LogP contribution in [-0.4, -0.2) is 42.7 Å². The summed E-state index contributed by atoms with van der Waals surface area (Å²) in [5.74, 6) is 4.93. The number of hydrogen-bond donors (Lipinski definition) is 3. The number of amides is 1. The Morgan fingerprint density at radius 3 is 2.30 bits per heavy atom. The van der Waals surface area contributed by atoms with Crippen molar-refractivity contribution in [1.29, 1.82) is 0 Å². The van der Waals surface area contributed by atoms with Crippen molar-refractivity contribution in [2.75, 3.05) is 13.1 Å². The summed E-state index contributed by atoms with van der Waals surface area (Å²) >= 11 is 0. The molecule has 8 heteroatoms. The van der Waals surface area contributed by atoms with Gasteiger partial charge in [-0.05, 0) is 37.1 Å². The molecule has 0 radical (unpaired) electrons. The van der Waals surface area contributed by atoms with E-state index in [0.717, 1.165) is 0 Å². The molecule has 0 saturated carbocycles. The summed E-state index contributed by atoms with van der Waals surface area (Å²) < 4.78 is 23.1. The second kappa shape index (κ2) is 5.78. The number of hydrazine groups is 1. The van der Waals surface area contributed by atoms with Gasteiger partial charge in [0.1, 0.15) is 5.75 Å². The molecule has 20 heavy (non-hydrogen) atoms. The summed E-state index contributed by atoms with van der Waals surface area (Å²) in [5, 5.41) is 8.63. The van der Waals surface area contributed by atoms with Gasteiger partial charge in [-0.1, -0.05) is 0 Å². The first-order chi connectivity index (χ1) is 9.44. The van der Waals surface area contributed by atoms with Crippen molar-refractivity contribution < 1.29 is 18.3 Å². The van der Waals surface area contributed by atoms with Gasteiger partial charge >= 0.3 is 0 Å². The van der Waals surface area contributed by atoms with Crippen LogP contribution in [0.5, 0.6) is 5.75 Å². The number of carbonyl (C=O) groups is 1. The molecule has 1 aliphatic heterocycles. The van der Waals surface area contributed by atoms with Crippen molar-refractivity contribution in [2.24, 2.45) is 5.84 Å². The van der Waals surface area contributed by atoms with E-state index in [9.17, 15) is 18.3 Å². The molecule has 0 aromatic heterocycles. The highest BCUT2D eigenvalue weighted by atomic mass is 32.2. The first-order valence-electron chi connectivity index (χ1n) is 6.23. The fourth-order valence-corrected chi connectivity index (χ4v) is 3.28. The minimum atomic E-state index is -3.48. The molecule has 0 spiro atoms. The first-order valence-corrected chi connectivity index (χ1v) is 7.78. The summed E-state index contributed by atoms with van der Waals surface area (Å²) in [6, 6.07) is 5.98. The number of sulfonamides is 1. The first kappa shape index (κ1) is 14.8. The molecular formula is C12H17N3O4S. The number of piperidine rings is 1. The highest BCUT2D eigenvalue weighted by molar-refractivity contribution is 7.90. The van der Waals surface area contributed by atoms with E-state index >= 15 is 0 Å². The van der Waals surface area contributed by atoms with Gasteiger partial charge in [-0.15, -0.1) is 0 Å². The summed E-state index contributed by atoms with van der Waals surface area (Å²) in [6.07, 6.45) is 0.715. The maximum Gasteiger partial charge on any atom is 0.253 e. The Hall–Kier alpha value is -1.64. The second-order valence-corrected chi connectivity index (χ2v) is 6.69. The maximum absolute atomic E-state index is 12.2. The van der Waals surface area contributed by atoms with E-state index in [1.807, 2.05) is 4.83 Å². The Morgan fingerprint density at radius 2 is 1.80 bits per heavy atom. The van der Waals surface area contributed by atoms with Gasteiger partial charge in [-0.25, -0.2) is 8.42 Å². The molecule has 0 atom stereocenters. The number of hydrogen-bond acceptors (Lipinski definition) is 5. The van der Waals surface area contributed by atoms with Crippen molar-refractivity contribution >= 4 is 15.9 Å². The zero-order chi connectivity index (χ0) is 14.8. The number of benzene rings is 1. The normalized spacial score (nSPS) is 17.1. The molecule has 7 nitrogen and oxygen atoms in total. The van der Waals surface area contributed by atoms with Crippen LogP contribution in [0.1, 0.15) is 23.2 Å². The van der Waals surface area contributed by atoms with Crippen molar-refractivity contribution in [3.63, 3.8) is 0 Å². The molecule has 1 saturated heterocycles. The van der Waals surface area contributed by atoms with Crippen LogP contribution in [0.15, 0.2) is 24.3 Å². The lowest BCUT2D eigenvalue weighted by atomic mass is 10.1. The Kier molecular flexibility index (Phi) is 4.26. The van der Waals surface area contributed by atoms with Gasteiger partial charge in [0, 0.05) is 18.7 Å². The smallest absolute Gasteiger partial charge is 0.253 e. The van der Waals surface area contributed by atoms with E-state index in [4.69, 9.17) is 5.84 Å². The molecule has 4 N–H and O–H groups in total. The number of likely N-dealkylation sites (tertiary alicyclic amines) is 1. The van der Waals surface area contributed by atoms with Crippen LogP contribution in [0, 0.1) is 0 Å². The lowest BCUT2D eigenvalue weighted by molar-refractivity contribution is 0.0725. The predicted octanol–water partition coefficient (Wildman–Crippen LogP) is -0.210. The maximum atomic E-state index is 12.2. The van der Waals surface area contributed by atoms with E-state index in [2.05, 4.69) is 0 Å². The number of nitrogens with one attached hydrogen (secondary N) is 1. The highest BCUT2D eigenvalue weighted by Crippen LogP contribution is 2.19. The number of phenolic OH excluding ortho intramolecular Hbond substituents is 1. The van der Waals surface area contributed by atoms with Crippen LogP contribution in [0.25, 0.3) is 0 Å². The van der Waals surface area contributed by atoms with Crippen LogP contribution in [0.4, 0.5) is 0 Å². The van der Waals surface area contributed by atoms with E-state index in [1.54, 1.807) is 17.0 Å².